The second-order valence-corrected chi connectivity index (χ2v) is 10.5. The maximum Gasteiger partial charge on any atom is 0.211 e. The van der Waals surface area contributed by atoms with E-state index in [4.69, 9.17) is 4.74 Å². The standard InChI is InChI=1S/C16H25NO6S2/c1-12(18)14-4-5-15(16(10-14)24(2,19)20)23-11-13-6-8-17(9-7-13)25(3,21)22/h4-5,10,12-13,18H,6-9,11H2,1-3H3. The molecule has 1 N–H and O–H groups in total. The minimum atomic E-state index is -3.49. The first kappa shape index (κ1) is 20.2. The normalized spacial score (nSPS) is 18.9. The first-order valence-corrected chi connectivity index (χ1v) is 11.8. The molecule has 1 aliphatic heterocycles. The highest BCUT2D eigenvalue weighted by Crippen LogP contribution is 2.29. The topological polar surface area (TPSA) is 101 Å². The zero-order valence-electron chi connectivity index (χ0n) is 14.7. The number of aliphatic hydroxyl groups is 1. The molecule has 1 fully saturated rings. The van der Waals surface area contributed by atoms with Gasteiger partial charge in [0.2, 0.25) is 10.0 Å². The fraction of sp³-hybridized carbons (Fsp3) is 0.625. The van der Waals surface area contributed by atoms with Gasteiger partial charge in [-0.05, 0) is 43.4 Å². The van der Waals surface area contributed by atoms with Crippen LogP contribution in [-0.2, 0) is 19.9 Å². The van der Waals surface area contributed by atoms with Gasteiger partial charge >= 0.3 is 0 Å². The zero-order valence-corrected chi connectivity index (χ0v) is 16.3. The summed E-state index contributed by atoms with van der Waals surface area (Å²) in [6.45, 7) is 2.80. The Kier molecular flexibility index (Phi) is 6.13. The van der Waals surface area contributed by atoms with Gasteiger partial charge in [-0.25, -0.2) is 21.1 Å². The molecule has 0 amide bonds. The molecule has 1 aromatic carbocycles. The van der Waals surface area contributed by atoms with E-state index >= 15 is 0 Å². The van der Waals surface area contributed by atoms with Gasteiger partial charge in [0.25, 0.3) is 0 Å². The van der Waals surface area contributed by atoms with Gasteiger partial charge in [-0.3, -0.25) is 0 Å². The second-order valence-electron chi connectivity index (χ2n) is 6.57. The van der Waals surface area contributed by atoms with Gasteiger partial charge < -0.3 is 9.84 Å². The minimum absolute atomic E-state index is 0.0551. The van der Waals surface area contributed by atoms with E-state index in [2.05, 4.69) is 0 Å². The van der Waals surface area contributed by atoms with Crippen molar-refractivity contribution in [3.05, 3.63) is 23.8 Å². The third-order valence-corrected chi connectivity index (χ3v) is 6.79. The summed E-state index contributed by atoms with van der Waals surface area (Å²) >= 11 is 0. The van der Waals surface area contributed by atoms with Gasteiger partial charge in [0, 0.05) is 19.3 Å². The number of sulfone groups is 1. The fourth-order valence-corrected chi connectivity index (χ4v) is 4.53. The molecule has 1 unspecified atom stereocenters. The highest BCUT2D eigenvalue weighted by molar-refractivity contribution is 7.90. The maximum absolute atomic E-state index is 12.0. The molecule has 142 valence electrons. The molecule has 2 rings (SSSR count). The largest absolute Gasteiger partial charge is 0.492 e. The van der Waals surface area contributed by atoms with E-state index in [0.29, 0.717) is 38.1 Å². The van der Waals surface area contributed by atoms with Gasteiger partial charge in [-0.2, -0.15) is 0 Å². The zero-order chi connectivity index (χ0) is 18.8. The predicted octanol–water partition coefficient (Wildman–Crippen LogP) is 1.19. The summed E-state index contributed by atoms with van der Waals surface area (Å²) in [6.07, 6.45) is 2.88. The Morgan fingerprint density at radius 1 is 1.20 bits per heavy atom. The molecule has 1 aliphatic rings. The average Bonchev–Trinajstić information content (AvgIpc) is 2.51. The summed E-state index contributed by atoms with van der Waals surface area (Å²) in [7, 11) is -6.66. The molecule has 1 heterocycles. The molecular formula is C16H25NO6S2. The smallest absolute Gasteiger partial charge is 0.211 e. The lowest BCUT2D eigenvalue weighted by molar-refractivity contribution is 0.182. The summed E-state index contributed by atoms with van der Waals surface area (Å²) < 4.78 is 54.2. The van der Waals surface area contributed by atoms with Crippen LogP contribution in [0.25, 0.3) is 0 Å². The van der Waals surface area contributed by atoms with Crippen molar-refractivity contribution in [3.63, 3.8) is 0 Å². The Morgan fingerprint density at radius 3 is 2.28 bits per heavy atom. The van der Waals surface area contributed by atoms with E-state index in [-0.39, 0.29) is 16.6 Å². The second kappa shape index (κ2) is 7.61. The van der Waals surface area contributed by atoms with Crippen LogP contribution in [0.15, 0.2) is 23.1 Å². The van der Waals surface area contributed by atoms with Crippen LogP contribution in [0.2, 0.25) is 0 Å². The number of nitrogens with zero attached hydrogens (tertiary/aromatic N) is 1. The van der Waals surface area contributed by atoms with Crippen molar-refractivity contribution < 1.29 is 26.7 Å². The molecule has 0 radical (unpaired) electrons. The molecule has 1 atom stereocenters. The fourth-order valence-electron chi connectivity index (χ4n) is 2.81. The van der Waals surface area contributed by atoms with Crippen LogP contribution in [0.5, 0.6) is 5.75 Å². The molecule has 0 saturated carbocycles. The van der Waals surface area contributed by atoms with E-state index in [1.807, 2.05) is 0 Å². The Morgan fingerprint density at radius 2 is 1.80 bits per heavy atom. The number of hydrogen-bond acceptors (Lipinski definition) is 6. The Balaban J connectivity index is 2.06. The van der Waals surface area contributed by atoms with Crippen molar-refractivity contribution in [1.29, 1.82) is 0 Å². The molecule has 7 nitrogen and oxygen atoms in total. The highest BCUT2D eigenvalue weighted by Gasteiger charge is 2.26. The minimum Gasteiger partial charge on any atom is -0.492 e. The van der Waals surface area contributed by atoms with Crippen LogP contribution in [0.4, 0.5) is 0 Å². The van der Waals surface area contributed by atoms with Gasteiger partial charge in [0.05, 0.1) is 19.0 Å². The van der Waals surface area contributed by atoms with Crippen molar-refractivity contribution >= 4 is 19.9 Å². The SMILES string of the molecule is CC(O)c1ccc(OCC2CCN(S(C)(=O)=O)CC2)c(S(C)(=O)=O)c1. The van der Waals surface area contributed by atoms with Gasteiger partial charge in [-0.15, -0.1) is 0 Å². The molecule has 0 spiro atoms. The van der Waals surface area contributed by atoms with Gasteiger partial charge in [-0.1, -0.05) is 6.07 Å². The van der Waals surface area contributed by atoms with E-state index in [0.717, 1.165) is 6.26 Å². The average molecular weight is 392 g/mol. The number of piperidine rings is 1. The Bertz CT molecular complexity index is 809. The lowest BCUT2D eigenvalue weighted by Gasteiger charge is -2.30. The first-order chi connectivity index (χ1) is 11.5. The molecular weight excluding hydrogens is 366 g/mol. The summed E-state index contributed by atoms with van der Waals surface area (Å²) in [5, 5.41) is 9.64. The lowest BCUT2D eigenvalue weighted by Crippen LogP contribution is -2.39. The summed E-state index contributed by atoms with van der Waals surface area (Å²) in [5.74, 6) is 0.430. The van der Waals surface area contributed by atoms with E-state index < -0.39 is 26.0 Å². The van der Waals surface area contributed by atoms with E-state index in [9.17, 15) is 21.9 Å². The van der Waals surface area contributed by atoms with Gasteiger partial charge in [0.15, 0.2) is 9.84 Å². The number of ether oxygens (including phenoxy) is 1. The molecule has 0 bridgehead atoms. The number of rotatable bonds is 6. The summed E-state index contributed by atoms with van der Waals surface area (Å²) in [4.78, 5) is 0.0551. The van der Waals surface area contributed by atoms with Crippen molar-refractivity contribution in [2.24, 2.45) is 5.92 Å². The molecule has 1 saturated heterocycles. The van der Waals surface area contributed by atoms with Crippen LogP contribution in [0.3, 0.4) is 0 Å². The number of benzene rings is 1. The van der Waals surface area contributed by atoms with Crippen LogP contribution in [-0.4, -0.2) is 58.5 Å². The van der Waals surface area contributed by atoms with Crippen LogP contribution in [0, 0.1) is 5.92 Å². The third-order valence-electron chi connectivity index (χ3n) is 4.37. The Labute approximate surface area is 149 Å². The molecule has 9 heteroatoms. The molecule has 0 aliphatic carbocycles. The lowest BCUT2D eigenvalue weighted by atomic mass is 9.99. The summed E-state index contributed by atoms with van der Waals surface area (Å²) in [5.41, 5.74) is 0.509. The van der Waals surface area contributed by atoms with E-state index in [1.54, 1.807) is 19.1 Å². The highest BCUT2D eigenvalue weighted by atomic mass is 32.2. The monoisotopic (exact) mass is 391 g/mol. The van der Waals surface area contributed by atoms with Crippen molar-refractivity contribution in [2.75, 3.05) is 32.2 Å². The number of hydrogen-bond donors (Lipinski definition) is 1. The van der Waals surface area contributed by atoms with E-state index in [1.165, 1.54) is 16.6 Å². The van der Waals surface area contributed by atoms with Crippen molar-refractivity contribution in [3.8, 4) is 5.75 Å². The quantitative estimate of drug-likeness (QED) is 0.782. The first-order valence-electron chi connectivity index (χ1n) is 8.08. The molecule has 25 heavy (non-hydrogen) atoms. The summed E-state index contributed by atoms with van der Waals surface area (Å²) in [6, 6.07) is 4.63. The van der Waals surface area contributed by atoms with Crippen LogP contribution in [0.1, 0.15) is 31.4 Å². The maximum atomic E-state index is 12.0. The van der Waals surface area contributed by atoms with Gasteiger partial charge in [0.1, 0.15) is 10.6 Å². The number of sulfonamides is 1. The van der Waals surface area contributed by atoms with Crippen molar-refractivity contribution in [1.82, 2.24) is 4.31 Å². The van der Waals surface area contributed by atoms with Crippen LogP contribution < -0.4 is 4.74 Å². The predicted molar refractivity (Wildman–Crippen MR) is 94.8 cm³/mol. The molecule has 1 aromatic rings. The van der Waals surface area contributed by atoms with Crippen molar-refractivity contribution in [2.45, 2.75) is 30.8 Å². The number of aliphatic hydroxyl groups excluding tert-OH is 1. The Hall–Kier alpha value is -1.16. The molecule has 0 aromatic heterocycles. The van der Waals surface area contributed by atoms with Crippen LogP contribution >= 0.6 is 0 Å². The third kappa shape index (κ3) is 5.40.